The van der Waals surface area contributed by atoms with E-state index in [0.717, 1.165) is 6.08 Å². The first-order chi connectivity index (χ1) is 6.08. The first-order valence-corrected chi connectivity index (χ1v) is 4.68. The lowest BCUT2D eigenvalue weighted by molar-refractivity contribution is -0.121. The number of carbonyl (C=O) groups excluding carboxylic acids is 1. The van der Waals surface area contributed by atoms with Crippen LogP contribution in [0.1, 0.15) is 6.92 Å². The number of nitrogens with zero attached hydrogens (tertiary/aromatic N) is 1. The first-order valence-electron chi connectivity index (χ1n) is 3.60. The third-order valence-electron chi connectivity index (χ3n) is 1.40. The molecule has 0 aromatic carbocycles. The minimum absolute atomic E-state index is 0.346. The van der Waals surface area contributed by atoms with Crippen LogP contribution in [-0.2, 0) is 15.1 Å². The number of carbonyl (C=O) groups is 1. The second-order valence-electron chi connectivity index (χ2n) is 2.08. The third kappa shape index (κ3) is 2.87. The number of hydrogen-bond acceptors (Lipinski definition) is 3. The third-order valence-corrected chi connectivity index (χ3v) is 2.10. The molecule has 0 aromatic rings. The lowest BCUT2D eigenvalue weighted by Crippen LogP contribution is -2.31. The minimum atomic E-state index is -2.55. The fourth-order valence-electron chi connectivity index (χ4n) is 0.724. The van der Waals surface area contributed by atoms with E-state index in [4.69, 9.17) is 0 Å². The lowest BCUT2D eigenvalue weighted by atomic mass is 10.3. The monoisotopic (exact) mass is 201 g/mol. The molecule has 0 heterocycles. The normalized spacial score (nSPS) is 8.69. The average Bonchev–Trinajstić information content (AvgIpc) is 2.07. The van der Waals surface area contributed by atoms with E-state index in [9.17, 15) is 13.2 Å². The molecule has 0 saturated carbocycles. The van der Waals surface area contributed by atoms with Gasteiger partial charge in [-0.1, -0.05) is 13.2 Å². The maximum absolute atomic E-state index is 11.3. The molecule has 0 N–H and O–H groups in total. The summed E-state index contributed by atoms with van der Waals surface area (Å²) in [6.45, 7) is 8.72. The van der Waals surface area contributed by atoms with E-state index < -0.39 is 16.2 Å². The van der Waals surface area contributed by atoms with Crippen LogP contribution in [0.3, 0.4) is 0 Å². The van der Waals surface area contributed by atoms with E-state index in [1.54, 1.807) is 6.92 Å². The Kier molecular flexibility index (Phi) is 4.76. The van der Waals surface area contributed by atoms with Gasteiger partial charge in [0.1, 0.15) is 0 Å². The molecule has 5 heteroatoms. The standard InChI is InChI=1S/C8H11NO3S/c1-4-7(13(11)12)8(10)9(5-2)6-3/h4-5H,1-2,6H2,3H3. The summed E-state index contributed by atoms with van der Waals surface area (Å²) < 4.78 is 21.0. The van der Waals surface area contributed by atoms with Crippen LogP contribution >= 0.6 is 0 Å². The molecule has 72 valence electrons. The molecule has 0 bridgehead atoms. The second kappa shape index (κ2) is 5.31. The van der Waals surface area contributed by atoms with Gasteiger partial charge in [0.15, 0.2) is 4.86 Å². The molecule has 0 spiro atoms. The van der Waals surface area contributed by atoms with Crippen molar-refractivity contribution >= 4 is 21.1 Å². The van der Waals surface area contributed by atoms with Gasteiger partial charge in [0.25, 0.3) is 5.91 Å². The van der Waals surface area contributed by atoms with Crippen LogP contribution < -0.4 is 0 Å². The zero-order chi connectivity index (χ0) is 10.4. The van der Waals surface area contributed by atoms with Gasteiger partial charge in [-0.2, -0.15) is 8.42 Å². The highest BCUT2D eigenvalue weighted by molar-refractivity contribution is 7.75. The van der Waals surface area contributed by atoms with Gasteiger partial charge in [-0.3, -0.25) is 4.79 Å². The van der Waals surface area contributed by atoms with Crippen LogP contribution in [0.4, 0.5) is 0 Å². The summed E-state index contributed by atoms with van der Waals surface area (Å²) in [5, 5.41) is 0. The number of hydrogen-bond donors (Lipinski definition) is 0. The quantitative estimate of drug-likeness (QED) is 0.483. The predicted octanol–water partition coefficient (Wildman–Crippen LogP) is 0.216. The fourth-order valence-corrected chi connectivity index (χ4v) is 1.12. The molecule has 0 aliphatic carbocycles. The van der Waals surface area contributed by atoms with Crippen molar-refractivity contribution in [2.45, 2.75) is 6.92 Å². The number of amides is 1. The van der Waals surface area contributed by atoms with Crippen molar-refractivity contribution in [3.8, 4) is 0 Å². The Balaban J connectivity index is 5.09. The Morgan fingerprint density at radius 2 is 2.00 bits per heavy atom. The fraction of sp³-hybridized carbons (Fsp3) is 0.250. The minimum Gasteiger partial charge on any atom is -0.315 e. The van der Waals surface area contributed by atoms with Crippen molar-refractivity contribution < 1.29 is 13.2 Å². The van der Waals surface area contributed by atoms with Gasteiger partial charge in [0.05, 0.1) is 0 Å². The molecule has 4 nitrogen and oxygen atoms in total. The molecule has 0 saturated heterocycles. The molecule has 0 aromatic heterocycles. The van der Waals surface area contributed by atoms with E-state index in [-0.39, 0.29) is 4.86 Å². The van der Waals surface area contributed by atoms with Crippen LogP contribution in [0.15, 0.2) is 25.4 Å². The zero-order valence-corrected chi connectivity index (χ0v) is 8.17. The van der Waals surface area contributed by atoms with E-state index in [1.807, 2.05) is 0 Å². The summed E-state index contributed by atoms with van der Waals surface area (Å²) in [4.78, 5) is 12.2. The summed E-state index contributed by atoms with van der Waals surface area (Å²) in [7, 11) is -2.55. The van der Waals surface area contributed by atoms with Crippen LogP contribution in [0, 0.1) is 0 Å². The summed E-state index contributed by atoms with van der Waals surface area (Å²) >= 11 is 0. The van der Waals surface area contributed by atoms with Crippen LogP contribution in [0.2, 0.25) is 0 Å². The molecule has 0 aliphatic rings. The van der Waals surface area contributed by atoms with Gasteiger partial charge < -0.3 is 4.90 Å². The molecule has 1 amide bonds. The van der Waals surface area contributed by atoms with Gasteiger partial charge in [-0.05, 0) is 19.2 Å². The average molecular weight is 201 g/mol. The second-order valence-corrected chi connectivity index (χ2v) is 2.99. The highest BCUT2D eigenvalue weighted by atomic mass is 32.2. The highest BCUT2D eigenvalue weighted by Gasteiger charge is 2.14. The van der Waals surface area contributed by atoms with Crippen molar-refractivity contribution in [2.75, 3.05) is 6.54 Å². The summed E-state index contributed by atoms with van der Waals surface area (Å²) in [6, 6.07) is 0. The van der Waals surface area contributed by atoms with E-state index in [2.05, 4.69) is 13.2 Å². The summed E-state index contributed by atoms with van der Waals surface area (Å²) in [5.41, 5.74) is 0. The Morgan fingerprint density at radius 3 is 2.23 bits per heavy atom. The van der Waals surface area contributed by atoms with E-state index in [1.165, 1.54) is 11.1 Å². The Morgan fingerprint density at radius 1 is 1.46 bits per heavy atom. The van der Waals surface area contributed by atoms with E-state index in [0.29, 0.717) is 6.54 Å². The SMILES string of the molecule is C=CC(C(=O)N(C=C)CC)=S(=O)=O. The van der Waals surface area contributed by atoms with Gasteiger partial charge in [0.2, 0.25) is 10.3 Å². The highest BCUT2D eigenvalue weighted by Crippen LogP contribution is 1.92. The Labute approximate surface area is 78.7 Å². The topological polar surface area (TPSA) is 54.5 Å². The van der Waals surface area contributed by atoms with Crippen molar-refractivity contribution in [3.05, 3.63) is 25.4 Å². The molecular formula is C8H11NO3S. The zero-order valence-electron chi connectivity index (χ0n) is 7.36. The Hall–Kier alpha value is -1.36. The van der Waals surface area contributed by atoms with Gasteiger partial charge in [0, 0.05) is 6.54 Å². The summed E-state index contributed by atoms with van der Waals surface area (Å²) in [6.07, 6.45) is 2.29. The van der Waals surface area contributed by atoms with E-state index >= 15 is 0 Å². The largest absolute Gasteiger partial charge is 0.315 e. The Bertz CT molecular complexity index is 346. The molecule has 0 fully saturated rings. The lowest BCUT2D eigenvalue weighted by Gasteiger charge is -2.13. The van der Waals surface area contributed by atoms with Gasteiger partial charge in [-0.15, -0.1) is 0 Å². The summed E-state index contributed by atoms with van der Waals surface area (Å²) in [5.74, 6) is -0.610. The number of rotatable bonds is 4. The van der Waals surface area contributed by atoms with Gasteiger partial charge in [-0.25, -0.2) is 0 Å². The van der Waals surface area contributed by atoms with Crippen molar-refractivity contribution in [2.24, 2.45) is 0 Å². The molecule has 0 unspecified atom stereocenters. The molecule has 0 atom stereocenters. The van der Waals surface area contributed by atoms with Crippen LogP contribution in [-0.4, -0.2) is 30.6 Å². The van der Waals surface area contributed by atoms with Crippen molar-refractivity contribution in [1.82, 2.24) is 4.90 Å². The predicted molar refractivity (Wildman–Crippen MR) is 51.7 cm³/mol. The molecule has 0 radical (unpaired) electrons. The van der Waals surface area contributed by atoms with Crippen LogP contribution in [0.25, 0.3) is 0 Å². The van der Waals surface area contributed by atoms with Crippen molar-refractivity contribution in [1.29, 1.82) is 0 Å². The molecule has 13 heavy (non-hydrogen) atoms. The molecule has 0 aliphatic heterocycles. The maximum Gasteiger partial charge on any atom is 0.273 e. The van der Waals surface area contributed by atoms with Crippen LogP contribution in [0.5, 0.6) is 0 Å². The molecular weight excluding hydrogens is 190 g/mol. The van der Waals surface area contributed by atoms with Gasteiger partial charge >= 0.3 is 0 Å². The first kappa shape index (κ1) is 11.6. The smallest absolute Gasteiger partial charge is 0.273 e. The molecule has 0 rings (SSSR count). The van der Waals surface area contributed by atoms with Crippen molar-refractivity contribution in [3.63, 3.8) is 0 Å². The maximum atomic E-state index is 11.3.